The molecule has 2 amide bonds. The zero-order valence-corrected chi connectivity index (χ0v) is 19.5. The van der Waals surface area contributed by atoms with Gasteiger partial charge in [0.1, 0.15) is 11.3 Å². The number of aryl methyl sites for hydroxylation is 2. The summed E-state index contributed by atoms with van der Waals surface area (Å²) in [6, 6.07) is 15.6. The molecule has 0 unspecified atom stereocenters. The van der Waals surface area contributed by atoms with Gasteiger partial charge < -0.3 is 15.2 Å². The van der Waals surface area contributed by atoms with Crippen LogP contribution >= 0.6 is 0 Å². The number of unbranched alkanes of at least 4 members (excludes halogenated alkanes) is 1. The Labute approximate surface area is 201 Å². The monoisotopic (exact) mass is 481 g/mol. The number of nitrogens with zero attached hydrogens (tertiary/aromatic N) is 3. The van der Waals surface area contributed by atoms with Gasteiger partial charge in [-0.15, -0.1) is 0 Å². The van der Waals surface area contributed by atoms with Gasteiger partial charge >= 0.3 is 12.2 Å². The highest BCUT2D eigenvalue weighted by Gasteiger charge is 2.30. The van der Waals surface area contributed by atoms with Gasteiger partial charge in [0.15, 0.2) is 5.65 Å². The van der Waals surface area contributed by atoms with Crippen LogP contribution in [0.1, 0.15) is 42.4 Å². The molecule has 0 bridgehead atoms. The Morgan fingerprint density at radius 3 is 2.37 bits per heavy atom. The lowest BCUT2D eigenvalue weighted by molar-refractivity contribution is -0.137. The maximum atomic E-state index is 12.9. The second kappa shape index (κ2) is 10.2. The molecule has 0 aliphatic heterocycles. The van der Waals surface area contributed by atoms with E-state index < -0.39 is 17.8 Å². The lowest BCUT2D eigenvalue weighted by Crippen LogP contribution is -2.20. The molecule has 4 aromatic rings. The second-order valence-corrected chi connectivity index (χ2v) is 8.32. The number of amides is 2. The summed E-state index contributed by atoms with van der Waals surface area (Å²) in [5.74, 6) is 0.805. The van der Waals surface area contributed by atoms with Gasteiger partial charge in [0.25, 0.3) is 0 Å². The van der Waals surface area contributed by atoms with Gasteiger partial charge in [-0.1, -0.05) is 43.7 Å². The van der Waals surface area contributed by atoms with E-state index in [4.69, 9.17) is 9.97 Å². The smallest absolute Gasteiger partial charge is 0.308 e. The molecule has 2 aromatic heterocycles. The molecule has 0 saturated carbocycles. The number of benzene rings is 2. The van der Waals surface area contributed by atoms with Crippen molar-refractivity contribution < 1.29 is 18.0 Å². The molecule has 35 heavy (non-hydrogen) atoms. The molecular weight excluding hydrogens is 455 g/mol. The highest BCUT2D eigenvalue weighted by atomic mass is 19.4. The first kappa shape index (κ1) is 24.3. The molecule has 9 heteroatoms. The third-order valence-electron chi connectivity index (χ3n) is 5.65. The number of carbonyl (C=O) groups is 1. The molecule has 0 fully saturated rings. The van der Waals surface area contributed by atoms with Crippen molar-refractivity contribution in [1.82, 2.24) is 14.5 Å². The average molecular weight is 482 g/mol. The van der Waals surface area contributed by atoms with Crippen molar-refractivity contribution in [2.24, 2.45) is 0 Å². The quantitative estimate of drug-likeness (QED) is 0.305. The number of rotatable bonds is 7. The van der Waals surface area contributed by atoms with Gasteiger partial charge in [-0.25, -0.2) is 14.8 Å². The van der Waals surface area contributed by atoms with Gasteiger partial charge in [-0.3, -0.25) is 0 Å². The summed E-state index contributed by atoms with van der Waals surface area (Å²) in [4.78, 5) is 21.9. The topological polar surface area (TPSA) is 71.8 Å². The fourth-order valence-electron chi connectivity index (χ4n) is 3.79. The number of carbonyl (C=O) groups excluding carboxylic acids is 1. The maximum absolute atomic E-state index is 12.9. The van der Waals surface area contributed by atoms with E-state index in [0.717, 1.165) is 36.4 Å². The van der Waals surface area contributed by atoms with Crippen molar-refractivity contribution in [2.45, 2.75) is 45.8 Å². The third kappa shape index (κ3) is 5.79. The molecule has 0 saturated heterocycles. The predicted molar refractivity (Wildman–Crippen MR) is 131 cm³/mol. The van der Waals surface area contributed by atoms with Gasteiger partial charge in [-0.2, -0.15) is 13.2 Å². The van der Waals surface area contributed by atoms with Crippen molar-refractivity contribution in [3.05, 3.63) is 83.3 Å². The van der Waals surface area contributed by atoms with E-state index in [-0.39, 0.29) is 0 Å². The molecule has 0 aliphatic carbocycles. The molecule has 2 aromatic carbocycles. The molecule has 0 aliphatic rings. The Balaban J connectivity index is 1.62. The predicted octanol–water partition coefficient (Wildman–Crippen LogP) is 6.79. The first-order valence-corrected chi connectivity index (χ1v) is 11.4. The van der Waals surface area contributed by atoms with E-state index in [1.54, 1.807) is 25.1 Å². The van der Waals surface area contributed by atoms with Crippen LogP contribution in [0.5, 0.6) is 0 Å². The Bertz CT molecular complexity index is 1320. The number of pyridine rings is 1. The van der Waals surface area contributed by atoms with Crippen LogP contribution in [0.3, 0.4) is 0 Å². The SMILES string of the molecule is CCCCc1nc2cc(NC(=O)Nc3ccccc3)c(C)nc2n1Cc1ccc(C(F)(F)F)cc1. The van der Waals surface area contributed by atoms with E-state index in [2.05, 4.69) is 17.6 Å². The van der Waals surface area contributed by atoms with Crippen molar-refractivity contribution in [3.63, 3.8) is 0 Å². The van der Waals surface area contributed by atoms with Crippen molar-refractivity contribution >= 4 is 28.6 Å². The molecule has 2 heterocycles. The summed E-state index contributed by atoms with van der Waals surface area (Å²) in [5.41, 5.74) is 3.09. The zero-order chi connectivity index (χ0) is 25.0. The Kier molecular flexibility index (Phi) is 7.04. The van der Waals surface area contributed by atoms with Crippen LogP contribution in [-0.2, 0) is 19.1 Å². The molecular formula is C26H26F3N5O. The van der Waals surface area contributed by atoms with Crippen LogP contribution in [0.4, 0.5) is 29.3 Å². The van der Waals surface area contributed by atoms with Crippen LogP contribution in [0.15, 0.2) is 60.7 Å². The van der Waals surface area contributed by atoms with Crippen molar-refractivity contribution in [1.29, 1.82) is 0 Å². The van der Waals surface area contributed by atoms with Crippen molar-refractivity contribution in [2.75, 3.05) is 10.6 Å². The van der Waals surface area contributed by atoms with Crippen LogP contribution < -0.4 is 10.6 Å². The average Bonchev–Trinajstić information content (AvgIpc) is 3.14. The van der Waals surface area contributed by atoms with E-state index in [1.165, 1.54) is 12.1 Å². The first-order valence-electron chi connectivity index (χ1n) is 11.4. The lowest BCUT2D eigenvalue weighted by atomic mass is 10.1. The fraction of sp³-hybridized carbons (Fsp3) is 0.269. The van der Waals surface area contributed by atoms with Crippen molar-refractivity contribution in [3.8, 4) is 0 Å². The molecule has 6 nitrogen and oxygen atoms in total. The van der Waals surface area contributed by atoms with Gasteiger partial charge in [-0.05, 0) is 49.2 Å². The number of urea groups is 1. The number of hydrogen-bond acceptors (Lipinski definition) is 3. The fourth-order valence-corrected chi connectivity index (χ4v) is 3.79. The Morgan fingerprint density at radius 2 is 1.71 bits per heavy atom. The summed E-state index contributed by atoms with van der Waals surface area (Å²) in [7, 11) is 0. The number of halogens is 3. The number of imidazole rings is 1. The number of anilines is 2. The van der Waals surface area contributed by atoms with Crippen LogP contribution in [0.25, 0.3) is 11.2 Å². The zero-order valence-electron chi connectivity index (χ0n) is 19.5. The van der Waals surface area contributed by atoms with E-state index >= 15 is 0 Å². The highest BCUT2D eigenvalue weighted by Crippen LogP contribution is 2.30. The number of para-hydroxylation sites is 1. The minimum atomic E-state index is -4.37. The number of aromatic nitrogens is 3. The lowest BCUT2D eigenvalue weighted by Gasteiger charge is -2.12. The van der Waals surface area contributed by atoms with Crippen LogP contribution in [-0.4, -0.2) is 20.6 Å². The van der Waals surface area contributed by atoms with Gasteiger partial charge in [0.2, 0.25) is 0 Å². The molecule has 0 atom stereocenters. The maximum Gasteiger partial charge on any atom is 0.416 e. The first-order chi connectivity index (χ1) is 16.7. The number of nitrogens with one attached hydrogen (secondary N) is 2. The largest absolute Gasteiger partial charge is 0.416 e. The minimum absolute atomic E-state index is 0.349. The van der Waals surface area contributed by atoms with Crippen LogP contribution in [0.2, 0.25) is 0 Å². The number of hydrogen-bond donors (Lipinski definition) is 2. The summed E-state index contributed by atoms with van der Waals surface area (Å²) >= 11 is 0. The Morgan fingerprint density at radius 1 is 1.00 bits per heavy atom. The van der Waals surface area contributed by atoms with Crippen LogP contribution in [0, 0.1) is 6.92 Å². The molecule has 2 N–H and O–H groups in total. The molecule has 0 spiro atoms. The van der Waals surface area contributed by atoms with E-state index in [0.29, 0.717) is 41.2 Å². The van der Waals surface area contributed by atoms with E-state index in [9.17, 15) is 18.0 Å². The van der Waals surface area contributed by atoms with Gasteiger partial charge in [0, 0.05) is 12.1 Å². The van der Waals surface area contributed by atoms with E-state index in [1.807, 2.05) is 22.8 Å². The highest BCUT2D eigenvalue weighted by molar-refractivity contribution is 6.00. The summed E-state index contributed by atoms with van der Waals surface area (Å²) in [6.07, 6.45) is -1.77. The molecule has 0 radical (unpaired) electrons. The summed E-state index contributed by atoms with van der Waals surface area (Å²) < 4.78 is 40.8. The Hall–Kier alpha value is -3.88. The molecule has 4 rings (SSSR count). The number of fused-ring (bicyclic) bond motifs is 1. The molecule has 182 valence electrons. The second-order valence-electron chi connectivity index (χ2n) is 8.32. The minimum Gasteiger partial charge on any atom is -0.308 e. The normalized spacial score (nSPS) is 11.6. The summed E-state index contributed by atoms with van der Waals surface area (Å²) in [6.45, 7) is 4.22. The third-order valence-corrected chi connectivity index (χ3v) is 5.65. The number of alkyl halides is 3. The standard InChI is InChI=1S/C26H26F3N5O/c1-3-4-10-23-32-22-15-21(33-25(35)31-20-8-6-5-7-9-20)17(2)30-24(22)34(23)16-18-11-13-19(14-12-18)26(27,28)29/h5-9,11-15H,3-4,10,16H2,1-2H3,(H2,31,33,35). The summed E-state index contributed by atoms with van der Waals surface area (Å²) in [5, 5.41) is 5.60. The van der Waals surface area contributed by atoms with Gasteiger partial charge in [0.05, 0.1) is 23.5 Å².